The number of benzene rings is 1. The van der Waals surface area contributed by atoms with Crippen LogP contribution in [0.3, 0.4) is 0 Å². The molecular formula is C15H21ClN2O2. The minimum atomic E-state index is 0.000255. The molecule has 5 heteroatoms. The molecule has 1 amide bonds. The van der Waals surface area contributed by atoms with Crippen LogP contribution in [-0.4, -0.2) is 54.1 Å². The molecule has 0 heterocycles. The Balaban J connectivity index is 2.55. The van der Waals surface area contributed by atoms with Gasteiger partial charge in [-0.25, -0.2) is 0 Å². The van der Waals surface area contributed by atoms with Gasteiger partial charge in [-0.15, -0.1) is 6.58 Å². The van der Waals surface area contributed by atoms with Crippen molar-refractivity contribution in [2.24, 2.45) is 0 Å². The molecule has 0 spiro atoms. The van der Waals surface area contributed by atoms with Crippen LogP contribution in [0.4, 0.5) is 0 Å². The van der Waals surface area contributed by atoms with E-state index in [0.29, 0.717) is 24.7 Å². The Morgan fingerprint density at radius 2 is 2.25 bits per heavy atom. The lowest BCUT2D eigenvalue weighted by Crippen LogP contribution is -2.39. The van der Waals surface area contributed by atoms with Crippen LogP contribution in [0.1, 0.15) is 5.56 Å². The van der Waals surface area contributed by atoms with E-state index in [1.807, 2.05) is 23.1 Å². The van der Waals surface area contributed by atoms with Gasteiger partial charge < -0.3 is 10.0 Å². The Morgan fingerprint density at radius 1 is 1.50 bits per heavy atom. The van der Waals surface area contributed by atoms with Crippen LogP contribution in [0.15, 0.2) is 36.9 Å². The van der Waals surface area contributed by atoms with Crippen molar-refractivity contribution in [2.45, 2.75) is 6.54 Å². The van der Waals surface area contributed by atoms with E-state index in [1.54, 1.807) is 24.1 Å². The summed E-state index contributed by atoms with van der Waals surface area (Å²) in [6.07, 6.45) is 1.72. The molecule has 1 N–H and O–H groups in total. The van der Waals surface area contributed by atoms with Gasteiger partial charge in [-0.1, -0.05) is 29.8 Å². The molecule has 1 aromatic carbocycles. The van der Waals surface area contributed by atoms with Gasteiger partial charge >= 0.3 is 0 Å². The SMILES string of the molecule is C=CCN(CCO)CC(=O)N(C)Cc1cccc(Cl)c1. The van der Waals surface area contributed by atoms with Crippen LogP contribution < -0.4 is 0 Å². The monoisotopic (exact) mass is 296 g/mol. The number of hydrogen-bond donors (Lipinski definition) is 1. The van der Waals surface area contributed by atoms with Gasteiger partial charge in [-0.3, -0.25) is 9.69 Å². The van der Waals surface area contributed by atoms with E-state index in [4.69, 9.17) is 16.7 Å². The van der Waals surface area contributed by atoms with Gasteiger partial charge in [0.25, 0.3) is 0 Å². The van der Waals surface area contributed by atoms with Crippen LogP contribution in [-0.2, 0) is 11.3 Å². The molecule has 0 saturated carbocycles. The molecule has 0 bridgehead atoms. The summed E-state index contributed by atoms with van der Waals surface area (Å²) in [5.41, 5.74) is 0.991. The van der Waals surface area contributed by atoms with E-state index in [2.05, 4.69) is 6.58 Å². The Morgan fingerprint density at radius 3 is 2.85 bits per heavy atom. The number of amides is 1. The van der Waals surface area contributed by atoms with Crippen molar-refractivity contribution in [2.75, 3.05) is 33.3 Å². The highest BCUT2D eigenvalue weighted by Gasteiger charge is 2.13. The maximum atomic E-state index is 12.1. The molecule has 0 aliphatic rings. The fraction of sp³-hybridized carbons (Fsp3) is 0.400. The molecule has 0 aliphatic heterocycles. The van der Waals surface area contributed by atoms with Crippen molar-refractivity contribution in [1.82, 2.24) is 9.80 Å². The third kappa shape index (κ3) is 5.74. The molecular weight excluding hydrogens is 276 g/mol. The largest absolute Gasteiger partial charge is 0.395 e. The number of aliphatic hydroxyl groups excluding tert-OH is 1. The predicted octanol–water partition coefficient (Wildman–Crippen LogP) is 1.78. The van der Waals surface area contributed by atoms with Crippen molar-refractivity contribution >= 4 is 17.5 Å². The molecule has 1 aromatic rings. The molecule has 0 radical (unpaired) electrons. The van der Waals surface area contributed by atoms with Crippen LogP contribution in [0, 0.1) is 0 Å². The number of likely N-dealkylation sites (N-methyl/N-ethyl adjacent to an activating group) is 1. The molecule has 20 heavy (non-hydrogen) atoms. The summed E-state index contributed by atoms with van der Waals surface area (Å²) < 4.78 is 0. The highest BCUT2D eigenvalue weighted by atomic mass is 35.5. The summed E-state index contributed by atoms with van der Waals surface area (Å²) in [7, 11) is 1.76. The normalized spacial score (nSPS) is 10.6. The Kier molecular flexibility index (Phi) is 7.30. The third-order valence-corrected chi connectivity index (χ3v) is 3.13. The van der Waals surface area contributed by atoms with Gasteiger partial charge in [0.15, 0.2) is 0 Å². The van der Waals surface area contributed by atoms with E-state index in [-0.39, 0.29) is 19.1 Å². The standard InChI is InChI=1S/C15H21ClN2O2/c1-3-7-18(8-9-19)12-15(20)17(2)11-13-5-4-6-14(16)10-13/h3-6,10,19H,1,7-9,11-12H2,2H3. The molecule has 110 valence electrons. The maximum Gasteiger partial charge on any atom is 0.236 e. The Labute approximate surface area is 125 Å². The number of aliphatic hydroxyl groups is 1. The van der Waals surface area contributed by atoms with Crippen LogP contribution in [0.25, 0.3) is 0 Å². The van der Waals surface area contributed by atoms with E-state index < -0.39 is 0 Å². The zero-order chi connectivity index (χ0) is 15.0. The smallest absolute Gasteiger partial charge is 0.236 e. The van der Waals surface area contributed by atoms with E-state index in [9.17, 15) is 4.79 Å². The van der Waals surface area contributed by atoms with Crippen molar-refractivity contribution in [3.8, 4) is 0 Å². The highest BCUT2D eigenvalue weighted by molar-refractivity contribution is 6.30. The number of nitrogens with zero attached hydrogens (tertiary/aromatic N) is 2. The number of carbonyl (C=O) groups is 1. The fourth-order valence-electron chi connectivity index (χ4n) is 1.87. The molecule has 0 unspecified atom stereocenters. The van der Waals surface area contributed by atoms with Crippen molar-refractivity contribution in [3.63, 3.8) is 0 Å². The molecule has 0 fully saturated rings. The van der Waals surface area contributed by atoms with Crippen molar-refractivity contribution in [1.29, 1.82) is 0 Å². The lowest BCUT2D eigenvalue weighted by Gasteiger charge is -2.23. The first-order valence-corrected chi connectivity index (χ1v) is 6.87. The lowest BCUT2D eigenvalue weighted by molar-refractivity contribution is -0.131. The second-order valence-corrected chi connectivity index (χ2v) is 5.06. The highest BCUT2D eigenvalue weighted by Crippen LogP contribution is 2.12. The summed E-state index contributed by atoms with van der Waals surface area (Å²) in [5.74, 6) is 0.000255. The van der Waals surface area contributed by atoms with Crippen molar-refractivity contribution in [3.05, 3.63) is 47.5 Å². The quantitative estimate of drug-likeness (QED) is 0.744. The van der Waals surface area contributed by atoms with Gasteiger partial charge in [-0.2, -0.15) is 0 Å². The first kappa shape index (κ1) is 16.7. The molecule has 0 aliphatic carbocycles. The average Bonchev–Trinajstić information content (AvgIpc) is 2.39. The second kappa shape index (κ2) is 8.74. The van der Waals surface area contributed by atoms with Crippen LogP contribution in [0.5, 0.6) is 0 Å². The molecule has 1 rings (SSSR count). The zero-order valence-corrected chi connectivity index (χ0v) is 12.5. The van der Waals surface area contributed by atoms with Gasteiger partial charge in [0.05, 0.1) is 13.2 Å². The summed E-state index contributed by atoms with van der Waals surface area (Å²) >= 11 is 5.92. The fourth-order valence-corrected chi connectivity index (χ4v) is 2.08. The Bertz CT molecular complexity index is 451. The zero-order valence-electron chi connectivity index (χ0n) is 11.8. The first-order valence-electron chi connectivity index (χ1n) is 6.49. The van der Waals surface area contributed by atoms with Gasteiger partial charge in [0.1, 0.15) is 0 Å². The number of carbonyl (C=O) groups excluding carboxylic acids is 1. The lowest BCUT2D eigenvalue weighted by atomic mass is 10.2. The average molecular weight is 297 g/mol. The summed E-state index contributed by atoms with van der Waals surface area (Å²) in [4.78, 5) is 15.6. The number of hydrogen-bond acceptors (Lipinski definition) is 3. The van der Waals surface area contributed by atoms with Gasteiger partial charge in [-0.05, 0) is 17.7 Å². The Hall–Kier alpha value is -1.36. The number of halogens is 1. The molecule has 0 aromatic heterocycles. The molecule has 4 nitrogen and oxygen atoms in total. The van der Waals surface area contributed by atoms with Gasteiger partial charge in [0, 0.05) is 31.7 Å². The summed E-state index contributed by atoms with van der Waals surface area (Å²) in [5, 5.41) is 9.63. The van der Waals surface area contributed by atoms with E-state index >= 15 is 0 Å². The minimum absolute atomic E-state index is 0.000255. The van der Waals surface area contributed by atoms with Crippen molar-refractivity contribution < 1.29 is 9.90 Å². The summed E-state index contributed by atoms with van der Waals surface area (Å²) in [6, 6.07) is 7.46. The van der Waals surface area contributed by atoms with Gasteiger partial charge in [0.2, 0.25) is 5.91 Å². The first-order chi connectivity index (χ1) is 9.56. The summed E-state index contributed by atoms with van der Waals surface area (Å²) in [6.45, 7) is 5.50. The predicted molar refractivity (Wildman–Crippen MR) is 81.6 cm³/mol. The van der Waals surface area contributed by atoms with E-state index in [0.717, 1.165) is 5.56 Å². The topological polar surface area (TPSA) is 43.8 Å². The third-order valence-electron chi connectivity index (χ3n) is 2.90. The van der Waals surface area contributed by atoms with E-state index in [1.165, 1.54) is 0 Å². The van der Waals surface area contributed by atoms with Crippen LogP contribution >= 0.6 is 11.6 Å². The number of rotatable bonds is 8. The second-order valence-electron chi connectivity index (χ2n) is 4.63. The molecule has 0 saturated heterocycles. The maximum absolute atomic E-state index is 12.1. The van der Waals surface area contributed by atoms with Crippen LogP contribution in [0.2, 0.25) is 5.02 Å². The minimum Gasteiger partial charge on any atom is -0.395 e. The molecule has 0 atom stereocenters.